The molecule has 1 heterocycles. The van der Waals surface area contributed by atoms with E-state index in [-0.39, 0.29) is 5.57 Å². The molecule has 0 saturated carbocycles. The topological polar surface area (TPSA) is 49.7 Å². The van der Waals surface area contributed by atoms with Gasteiger partial charge in [-0.15, -0.1) is 0 Å². The van der Waals surface area contributed by atoms with Crippen molar-refractivity contribution in [1.29, 1.82) is 0 Å². The number of para-hydroxylation sites is 1. The molecule has 0 spiro atoms. The lowest BCUT2D eigenvalue weighted by molar-refractivity contribution is -0.132. The molecule has 0 unspecified atom stereocenters. The Morgan fingerprint density at radius 3 is 2.87 bits per heavy atom. The van der Waals surface area contributed by atoms with E-state index in [9.17, 15) is 4.79 Å². The van der Waals surface area contributed by atoms with Gasteiger partial charge in [0.05, 0.1) is 10.9 Å². The molecular weight excluding hydrogens is 190 g/mol. The lowest BCUT2D eigenvalue weighted by Gasteiger charge is -1.95. The average Bonchev–Trinajstić information content (AvgIpc) is 2.18. The summed E-state index contributed by atoms with van der Waals surface area (Å²) < 4.78 is 0. The third kappa shape index (κ3) is 2.02. The Hall–Kier alpha value is -2.16. The number of carboxylic acid groups (broad SMARTS) is 1. The smallest absolute Gasteiger partial charge is 0.335 e. The Labute approximate surface area is 86.4 Å². The van der Waals surface area contributed by atoms with E-state index in [1.807, 2.05) is 24.3 Å². The molecule has 74 valence electrons. The van der Waals surface area contributed by atoms with Crippen LogP contribution in [0.2, 0.25) is 0 Å². The second kappa shape index (κ2) is 3.92. The fraction of sp³-hybridized carbons (Fsp3) is 0. The van der Waals surface area contributed by atoms with Gasteiger partial charge < -0.3 is 5.11 Å². The molecule has 3 heteroatoms. The van der Waals surface area contributed by atoms with Crippen molar-refractivity contribution in [1.82, 2.24) is 0 Å². The summed E-state index contributed by atoms with van der Waals surface area (Å²) in [6.07, 6.45) is 6.36. The second-order valence-electron chi connectivity index (χ2n) is 3.10. The standard InChI is InChI=1S/C12H9NO2/c14-12(15)10-5-3-7-13-11-6-2-1-4-9(11)8-10/h1-8H,(H,14,15). The first-order chi connectivity index (χ1) is 7.27. The van der Waals surface area contributed by atoms with E-state index in [2.05, 4.69) is 4.99 Å². The van der Waals surface area contributed by atoms with Crippen molar-refractivity contribution >= 4 is 12.0 Å². The summed E-state index contributed by atoms with van der Waals surface area (Å²) in [4.78, 5) is 15.1. The van der Waals surface area contributed by atoms with Crippen LogP contribution in [0.1, 0.15) is 0 Å². The number of hydrogen-bond donors (Lipinski definition) is 1. The zero-order valence-corrected chi connectivity index (χ0v) is 7.92. The Balaban J connectivity index is 2.72. The monoisotopic (exact) mass is 199 g/mol. The van der Waals surface area contributed by atoms with E-state index >= 15 is 0 Å². The van der Waals surface area contributed by atoms with Crippen LogP contribution in [0.15, 0.2) is 53.2 Å². The van der Waals surface area contributed by atoms with Crippen LogP contribution in [0.5, 0.6) is 0 Å². The zero-order valence-electron chi connectivity index (χ0n) is 7.92. The molecule has 0 radical (unpaired) electrons. The number of hydrogen-bond acceptors (Lipinski definition) is 2. The minimum absolute atomic E-state index is 0.258. The van der Waals surface area contributed by atoms with Crippen molar-refractivity contribution in [3.05, 3.63) is 58.8 Å². The van der Waals surface area contributed by atoms with Gasteiger partial charge in [-0.1, -0.05) is 18.2 Å². The largest absolute Gasteiger partial charge is 0.478 e. The highest BCUT2D eigenvalue weighted by Gasteiger charge is 2.02. The zero-order chi connectivity index (χ0) is 10.7. The Morgan fingerprint density at radius 2 is 2.07 bits per heavy atom. The number of carbonyl (C=O) groups is 1. The van der Waals surface area contributed by atoms with Gasteiger partial charge in [0, 0.05) is 11.4 Å². The molecule has 0 aromatic heterocycles. The number of aliphatic carboxylic acids is 1. The van der Waals surface area contributed by atoms with Gasteiger partial charge in [-0.2, -0.15) is 0 Å². The highest BCUT2D eigenvalue weighted by molar-refractivity contribution is 5.96. The number of carboxylic acids is 1. The maximum atomic E-state index is 10.9. The first kappa shape index (κ1) is 9.40. The summed E-state index contributed by atoms with van der Waals surface area (Å²) in [5.74, 6) is -0.934. The molecule has 0 bridgehead atoms. The van der Waals surface area contributed by atoms with Gasteiger partial charge in [-0.05, 0) is 24.3 Å². The highest BCUT2D eigenvalue weighted by Crippen LogP contribution is 1.98. The summed E-state index contributed by atoms with van der Waals surface area (Å²) in [5.41, 5.74) is 0.258. The minimum atomic E-state index is -0.934. The Morgan fingerprint density at radius 1 is 1.27 bits per heavy atom. The van der Waals surface area contributed by atoms with Crippen molar-refractivity contribution < 1.29 is 9.90 Å². The molecule has 0 atom stereocenters. The predicted octanol–water partition coefficient (Wildman–Crippen LogP) is 0.625. The van der Waals surface area contributed by atoms with Gasteiger partial charge in [0.2, 0.25) is 0 Å². The molecule has 0 amide bonds. The lowest BCUT2D eigenvalue weighted by Crippen LogP contribution is -2.25. The van der Waals surface area contributed by atoms with Crippen LogP contribution in [0.4, 0.5) is 0 Å². The van der Waals surface area contributed by atoms with Crippen molar-refractivity contribution in [3.63, 3.8) is 0 Å². The Bertz CT molecular complexity index is 568. The van der Waals surface area contributed by atoms with Crippen LogP contribution in [-0.4, -0.2) is 11.1 Å². The van der Waals surface area contributed by atoms with E-state index in [0.717, 1.165) is 10.6 Å². The van der Waals surface area contributed by atoms with Crippen molar-refractivity contribution in [2.75, 3.05) is 0 Å². The van der Waals surface area contributed by atoms with Gasteiger partial charge in [-0.25, -0.2) is 4.79 Å². The molecule has 0 saturated heterocycles. The minimum Gasteiger partial charge on any atom is -0.478 e. The summed E-state index contributed by atoms with van der Waals surface area (Å²) >= 11 is 0. The molecule has 0 aliphatic carbocycles. The van der Waals surface area contributed by atoms with E-state index in [1.165, 1.54) is 6.08 Å². The van der Waals surface area contributed by atoms with Gasteiger partial charge in [-0.3, -0.25) is 4.99 Å². The molecule has 1 aliphatic rings. The molecule has 3 nitrogen and oxygen atoms in total. The average molecular weight is 199 g/mol. The number of benzene rings is 1. The van der Waals surface area contributed by atoms with Crippen molar-refractivity contribution in [2.45, 2.75) is 0 Å². The van der Waals surface area contributed by atoms with E-state index < -0.39 is 5.97 Å². The quantitative estimate of drug-likeness (QED) is 0.721. The first-order valence-electron chi connectivity index (χ1n) is 4.52. The molecule has 1 aromatic rings. The second-order valence-corrected chi connectivity index (χ2v) is 3.10. The van der Waals surface area contributed by atoms with Crippen LogP contribution in [-0.2, 0) is 4.79 Å². The predicted molar refractivity (Wildman–Crippen MR) is 56.5 cm³/mol. The summed E-state index contributed by atoms with van der Waals surface area (Å²) in [6, 6.07) is 7.42. The fourth-order valence-electron chi connectivity index (χ4n) is 1.35. The van der Waals surface area contributed by atoms with E-state index in [1.54, 1.807) is 18.4 Å². The number of allylic oxidation sites excluding steroid dienone is 2. The summed E-state index contributed by atoms with van der Waals surface area (Å²) in [5, 5.41) is 10.5. The molecule has 1 aromatic carbocycles. The summed E-state index contributed by atoms with van der Waals surface area (Å²) in [7, 11) is 0. The number of nitrogens with zero attached hydrogens (tertiary/aromatic N) is 1. The third-order valence-electron chi connectivity index (χ3n) is 2.07. The van der Waals surface area contributed by atoms with Gasteiger partial charge in [0.25, 0.3) is 0 Å². The molecule has 15 heavy (non-hydrogen) atoms. The molecule has 0 fully saturated rings. The molecular formula is C12H9NO2. The highest BCUT2D eigenvalue weighted by atomic mass is 16.4. The van der Waals surface area contributed by atoms with Crippen LogP contribution in [0.25, 0.3) is 6.08 Å². The molecule has 1 aliphatic heterocycles. The fourth-order valence-corrected chi connectivity index (χ4v) is 1.35. The van der Waals surface area contributed by atoms with Crippen molar-refractivity contribution in [2.24, 2.45) is 4.99 Å². The number of fused-ring (bicyclic) bond motifs is 1. The van der Waals surface area contributed by atoms with E-state index in [0.29, 0.717) is 0 Å². The molecule has 1 N–H and O–H groups in total. The van der Waals surface area contributed by atoms with Gasteiger partial charge >= 0.3 is 5.97 Å². The van der Waals surface area contributed by atoms with E-state index in [4.69, 9.17) is 5.11 Å². The van der Waals surface area contributed by atoms with Gasteiger partial charge in [0.15, 0.2) is 0 Å². The van der Waals surface area contributed by atoms with Gasteiger partial charge in [0.1, 0.15) is 0 Å². The lowest BCUT2D eigenvalue weighted by atomic mass is 10.1. The Kier molecular flexibility index (Phi) is 2.46. The van der Waals surface area contributed by atoms with Crippen LogP contribution >= 0.6 is 0 Å². The maximum Gasteiger partial charge on any atom is 0.335 e. The summed E-state index contributed by atoms with van der Waals surface area (Å²) in [6.45, 7) is 0. The number of rotatable bonds is 1. The first-order valence-corrected chi connectivity index (χ1v) is 4.52. The third-order valence-corrected chi connectivity index (χ3v) is 2.07. The maximum absolute atomic E-state index is 10.9. The molecule has 2 rings (SSSR count). The van der Waals surface area contributed by atoms with Crippen molar-refractivity contribution in [3.8, 4) is 0 Å². The SMILES string of the molecule is O=C(O)C1=CC=CN=c2ccccc2=C1. The van der Waals surface area contributed by atoms with Crippen LogP contribution < -0.4 is 10.6 Å². The normalized spacial score (nSPS) is 13.7. The van der Waals surface area contributed by atoms with Crippen LogP contribution in [0.3, 0.4) is 0 Å². The van der Waals surface area contributed by atoms with Crippen LogP contribution in [0, 0.1) is 0 Å².